The van der Waals surface area contributed by atoms with Crippen LogP contribution in [0.15, 0.2) is 48.5 Å². The Morgan fingerprint density at radius 2 is 0.810 bits per heavy atom. The van der Waals surface area contributed by atoms with E-state index in [2.05, 4.69) is 10.6 Å². The molecule has 0 saturated carbocycles. The number of unbranched alkanes of at least 4 members (excludes halogenated alkanes) is 5. The summed E-state index contributed by atoms with van der Waals surface area (Å²) >= 11 is 0. The summed E-state index contributed by atoms with van der Waals surface area (Å²) in [6.07, 6.45) is 13.3. The van der Waals surface area contributed by atoms with Crippen LogP contribution in [0.1, 0.15) is 111 Å². The number of carbonyl (C=O) groups is 4. The van der Waals surface area contributed by atoms with Crippen molar-refractivity contribution in [3.8, 4) is 0 Å². The molecule has 2 N–H and O–H groups in total. The van der Waals surface area contributed by atoms with Gasteiger partial charge in [-0.2, -0.15) is 0 Å². The van der Waals surface area contributed by atoms with E-state index in [1.165, 1.54) is 12.8 Å². The highest BCUT2D eigenvalue weighted by Gasteiger charge is 2.19. The maximum absolute atomic E-state index is 12.6. The van der Waals surface area contributed by atoms with Crippen LogP contribution in [0.25, 0.3) is 0 Å². The van der Waals surface area contributed by atoms with Gasteiger partial charge in [0.2, 0.25) is 11.8 Å². The summed E-state index contributed by atoms with van der Waals surface area (Å²) in [4.78, 5) is 53.6. The lowest BCUT2D eigenvalue weighted by Gasteiger charge is -2.26. The number of nitrogens with zero attached hydrogens (tertiary/aromatic N) is 2. The SMILES string of the molecule is O=C(CCCCCCCCC(=O)Nc1ccc(C(=O)N2CCCCC2)cc1)Nc1ccc(C(=O)N2CCCCC2)cc1. The molecular formula is C34H46N4O4. The normalized spacial score (nSPS) is 15.2. The Kier molecular flexibility index (Phi) is 12.4. The maximum Gasteiger partial charge on any atom is 0.253 e. The van der Waals surface area contributed by atoms with Crippen molar-refractivity contribution >= 4 is 35.0 Å². The van der Waals surface area contributed by atoms with Gasteiger partial charge < -0.3 is 20.4 Å². The van der Waals surface area contributed by atoms with Gasteiger partial charge in [-0.15, -0.1) is 0 Å². The highest BCUT2D eigenvalue weighted by molar-refractivity contribution is 5.96. The lowest BCUT2D eigenvalue weighted by Crippen LogP contribution is -2.35. The average molecular weight is 575 g/mol. The van der Waals surface area contributed by atoms with Crippen LogP contribution in [0.5, 0.6) is 0 Å². The molecule has 0 aliphatic carbocycles. The molecule has 4 amide bonds. The van der Waals surface area contributed by atoms with E-state index in [-0.39, 0.29) is 23.6 Å². The Balaban J connectivity index is 1.02. The number of anilines is 2. The number of benzene rings is 2. The van der Waals surface area contributed by atoms with E-state index in [1.807, 2.05) is 9.80 Å². The van der Waals surface area contributed by atoms with Crippen LogP contribution in [-0.2, 0) is 9.59 Å². The summed E-state index contributed by atoms with van der Waals surface area (Å²) in [6, 6.07) is 14.4. The zero-order chi connectivity index (χ0) is 29.6. The molecule has 0 radical (unpaired) electrons. The first kappa shape index (κ1) is 31.3. The van der Waals surface area contributed by atoms with E-state index in [9.17, 15) is 19.2 Å². The third-order valence-electron chi connectivity index (χ3n) is 8.18. The summed E-state index contributed by atoms with van der Waals surface area (Å²) in [5, 5.41) is 5.86. The molecule has 42 heavy (non-hydrogen) atoms. The van der Waals surface area contributed by atoms with E-state index < -0.39 is 0 Å². The van der Waals surface area contributed by atoms with Crippen LogP contribution in [0.2, 0.25) is 0 Å². The van der Waals surface area contributed by atoms with E-state index in [1.54, 1.807) is 48.5 Å². The van der Waals surface area contributed by atoms with Crippen molar-refractivity contribution in [3.05, 3.63) is 59.7 Å². The number of amides is 4. The number of hydrogen-bond acceptors (Lipinski definition) is 4. The second-order valence-corrected chi connectivity index (χ2v) is 11.6. The third kappa shape index (κ3) is 10.00. The maximum atomic E-state index is 12.6. The number of nitrogens with one attached hydrogen (secondary N) is 2. The molecular weight excluding hydrogens is 528 g/mol. The summed E-state index contributed by atoms with van der Waals surface area (Å²) < 4.78 is 0. The monoisotopic (exact) mass is 574 g/mol. The zero-order valence-corrected chi connectivity index (χ0v) is 24.9. The molecule has 0 atom stereocenters. The van der Waals surface area contributed by atoms with Gasteiger partial charge in [0.05, 0.1) is 0 Å². The predicted molar refractivity (Wildman–Crippen MR) is 167 cm³/mol. The molecule has 8 heteroatoms. The molecule has 226 valence electrons. The molecule has 2 aliphatic heterocycles. The second-order valence-electron chi connectivity index (χ2n) is 11.6. The summed E-state index contributed by atoms with van der Waals surface area (Å²) in [5.74, 6) is 0.122. The molecule has 2 fully saturated rings. The van der Waals surface area contributed by atoms with E-state index in [0.717, 1.165) is 102 Å². The minimum atomic E-state index is -0.00864. The van der Waals surface area contributed by atoms with E-state index in [0.29, 0.717) is 24.0 Å². The number of carbonyl (C=O) groups excluding carboxylic acids is 4. The van der Waals surface area contributed by atoms with Crippen molar-refractivity contribution in [1.29, 1.82) is 0 Å². The Bertz CT molecular complexity index is 1070. The van der Waals surface area contributed by atoms with Gasteiger partial charge in [-0.3, -0.25) is 19.2 Å². The Morgan fingerprint density at radius 1 is 0.476 bits per heavy atom. The van der Waals surface area contributed by atoms with Crippen LogP contribution in [-0.4, -0.2) is 59.6 Å². The first-order valence-corrected chi connectivity index (χ1v) is 15.9. The first-order valence-electron chi connectivity index (χ1n) is 15.9. The summed E-state index contributed by atoms with van der Waals surface area (Å²) in [7, 11) is 0. The van der Waals surface area contributed by atoms with Gasteiger partial charge in [0.1, 0.15) is 0 Å². The Hall–Kier alpha value is -3.68. The van der Waals surface area contributed by atoms with Crippen LogP contribution in [0.4, 0.5) is 11.4 Å². The van der Waals surface area contributed by atoms with E-state index >= 15 is 0 Å². The predicted octanol–water partition coefficient (Wildman–Crippen LogP) is 6.64. The molecule has 0 bridgehead atoms. The Labute approximate surface area is 250 Å². The molecule has 2 aliphatic rings. The zero-order valence-electron chi connectivity index (χ0n) is 24.9. The van der Waals surface area contributed by atoms with Crippen molar-refractivity contribution in [2.24, 2.45) is 0 Å². The molecule has 2 aromatic rings. The topological polar surface area (TPSA) is 98.8 Å². The molecule has 0 spiro atoms. The quantitative estimate of drug-likeness (QED) is 0.262. The molecule has 0 unspecified atom stereocenters. The van der Waals surface area contributed by atoms with Crippen LogP contribution >= 0.6 is 0 Å². The number of rotatable bonds is 13. The molecule has 0 aromatic heterocycles. The van der Waals surface area contributed by atoms with Gasteiger partial charge in [-0.05, 0) is 99.9 Å². The molecule has 4 rings (SSSR count). The fraction of sp³-hybridized carbons (Fsp3) is 0.529. The fourth-order valence-electron chi connectivity index (χ4n) is 5.68. The van der Waals surface area contributed by atoms with Crippen LogP contribution in [0, 0.1) is 0 Å². The summed E-state index contributed by atoms with van der Waals surface area (Å²) in [6.45, 7) is 3.30. The van der Waals surface area contributed by atoms with Gasteiger partial charge >= 0.3 is 0 Å². The molecule has 8 nitrogen and oxygen atoms in total. The Morgan fingerprint density at radius 3 is 1.17 bits per heavy atom. The van der Waals surface area contributed by atoms with Crippen molar-refractivity contribution in [1.82, 2.24) is 9.80 Å². The first-order chi connectivity index (χ1) is 20.5. The second kappa shape index (κ2) is 16.7. The number of hydrogen-bond donors (Lipinski definition) is 2. The smallest absolute Gasteiger partial charge is 0.253 e. The van der Waals surface area contributed by atoms with Crippen LogP contribution < -0.4 is 10.6 Å². The van der Waals surface area contributed by atoms with Crippen molar-refractivity contribution in [2.45, 2.75) is 89.9 Å². The lowest BCUT2D eigenvalue weighted by molar-refractivity contribution is -0.117. The van der Waals surface area contributed by atoms with Crippen molar-refractivity contribution in [3.63, 3.8) is 0 Å². The summed E-state index contributed by atoms with van der Waals surface area (Å²) in [5.41, 5.74) is 2.77. The van der Waals surface area contributed by atoms with Gasteiger partial charge in [0.15, 0.2) is 0 Å². The largest absolute Gasteiger partial charge is 0.339 e. The average Bonchev–Trinajstić information content (AvgIpc) is 3.03. The fourth-order valence-corrected chi connectivity index (χ4v) is 5.68. The number of likely N-dealkylation sites (tertiary alicyclic amines) is 2. The lowest BCUT2D eigenvalue weighted by atomic mass is 10.1. The minimum Gasteiger partial charge on any atom is -0.339 e. The standard InChI is InChI=1S/C34H46N4O4/c39-31(35-29-19-15-27(16-20-29)33(41)37-23-9-5-10-24-37)13-7-3-1-2-4-8-14-32(40)36-30-21-17-28(18-22-30)34(42)38-25-11-6-12-26-38/h15-22H,1-14,23-26H2,(H,35,39)(H,36,40). The van der Waals surface area contributed by atoms with Crippen LogP contribution in [0.3, 0.4) is 0 Å². The number of piperidine rings is 2. The minimum absolute atomic E-state index is 0.00864. The van der Waals surface area contributed by atoms with Gasteiger partial charge in [0.25, 0.3) is 11.8 Å². The van der Waals surface area contributed by atoms with Gasteiger partial charge in [0, 0.05) is 61.5 Å². The van der Waals surface area contributed by atoms with Crippen molar-refractivity contribution < 1.29 is 19.2 Å². The van der Waals surface area contributed by atoms with Gasteiger partial charge in [-0.1, -0.05) is 25.7 Å². The highest BCUT2D eigenvalue weighted by Crippen LogP contribution is 2.18. The van der Waals surface area contributed by atoms with E-state index in [4.69, 9.17) is 0 Å². The molecule has 2 saturated heterocycles. The van der Waals surface area contributed by atoms with Gasteiger partial charge in [-0.25, -0.2) is 0 Å². The van der Waals surface area contributed by atoms with Crippen molar-refractivity contribution in [2.75, 3.05) is 36.8 Å². The molecule has 2 heterocycles. The highest BCUT2D eigenvalue weighted by atomic mass is 16.2. The third-order valence-corrected chi connectivity index (χ3v) is 8.18. The molecule has 2 aromatic carbocycles.